The molecule has 6 nitrogen and oxygen atoms in total. The molecule has 1 aliphatic heterocycles. The van der Waals surface area contributed by atoms with Gasteiger partial charge >= 0.3 is 0 Å². The van der Waals surface area contributed by atoms with Gasteiger partial charge < -0.3 is 29.9 Å². The van der Waals surface area contributed by atoms with E-state index < -0.39 is 42.5 Å². The SMILES string of the molecule is CCOc1ccc(CC2=CC(C)([C@@H]3O[C@H](CO)[C@@H](O)[C@H](O)[C@H]3O)CC=C2Cl)cc1. The average molecular weight is 425 g/mol. The standard InChI is InChI=1S/C22H29ClO6/c1-3-28-15-6-4-13(5-7-15)10-14-11-22(2,9-8-16(14)23)21-20(27)19(26)18(25)17(12-24)29-21/h4-8,11,17-21,24-27H,3,9-10,12H2,1-2H3/t17-,18-,19+,20-,21-,22?/m1/s1. The summed E-state index contributed by atoms with van der Waals surface area (Å²) in [6.07, 6.45) is -0.835. The number of hydrogen-bond acceptors (Lipinski definition) is 6. The lowest BCUT2D eigenvalue weighted by atomic mass is 9.71. The van der Waals surface area contributed by atoms with Crippen molar-refractivity contribution < 1.29 is 29.9 Å². The van der Waals surface area contributed by atoms with Crippen LogP contribution in [0.4, 0.5) is 0 Å². The molecule has 1 fully saturated rings. The molecular formula is C22H29ClO6. The van der Waals surface area contributed by atoms with E-state index in [0.717, 1.165) is 16.9 Å². The number of aliphatic hydroxyl groups excluding tert-OH is 4. The van der Waals surface area contributed by atoms with Crippen LogP contribution in [0.1, 0.15) is 25.8 Å². The van der Waals surface area contributed by atoms with Crippen molar-refractivity contribution >= 4 is 11.6 Å². The van der Waals surface area contributed by atoms with Crippen molar-refractivity contribution in [3.63, 3.8) is 0 Å². The first-order valence-electron chi connectivity index (χ1n) is 9.89. The Balaban J connectivity index is 1.83. The smallest absolute Gasteiger partial charge is 0.119 e. The van der Waals surface area contributed by atoms with Gasteiger partial charge in [0, 0.05) is 10.4 Å². The van der Waals surface area contributed by atoms with Crippen molar-refractivity contribution in [1.82, 2.24) is 0 Å². The van der Waals surface area contributed by atoms with Gasteiger partial charge in [-0.05, 0) is 43.0 Å². The van der Waals surface area contributed by atoms with Gasteiger partial charge in [0.2, 0.25) is 0 Å². The Morgan fingerprint density at radius 1 is 1.14 bits per heavy atom. The molecule has 2 aliphatic rings. The molecule has 29 heavy (non-hydrogen) atoms. The Kier molecular flexibility index (Phi) is 7.04. The summed E-state index contributed by atoms with van der Waals surface area (Å²) in [5, 5.41) is 40.9. The molecule has 1 saturated heterocycles. The maximum Gasteiger partial charge on any atom is 0.119 e. The summed E-state index contributed by atoms with van der Waals surface area (Å²) >= 11 is 6.46. The van der Waals surface area contributed by atoms with E-state index in [2.05, 4.69) is 0 Å². The molecule has 160 valence electrons. The van der Waals surface area contributed by atoms with Crippen molar-refractivity contribution in [2.24, 2.45) is 5.41 Å². The Hall–Kier alpha value is -1.41. The van der Waals surface area contributed by atoms with E-state index in [1.807, 2.05) is 50.3 Å². The van der Waals surface area contributed by atoms with E-state index in [0.29, 0.717) is 24.5 Å². The minimum Gasteiger partial charge on any atom is -0.494 e. The third-order valence-electron chi connectivity index (χ3n) is 5.70. The van der Waals surface area contributed by atoms with E-state index in [-0.39, 0.29) is 0 Å². The van der Waals surface area contributed by atoms with Crippen LogP contribution in [-0.2, 0) is 11.2 Å². The summed E-state index contributed by atoms with van der Waals surface area (Å²) in [7, 11) is 0. The quantitative estimate of drug-likeness (QED) is 0.557. The maximum absolute atomic E-state index is 10.5. The summed E-state index contributed by atoms with van der Waals surface area (Å²) in [6, 6.07) is 7.79. The van der Waals surface area contributed by atoms with E-state index >= 15 is 0 Å². The highest BCUT2D eigenvalue weighted by Crippen LogP contribution is 2.43. The molecule has 6 atom stereocenters. The topological polar surface area (TPSA) is 99.4 Å². The molecule has 0 saturated carbocycles. The molecule has 0 radical (unpaired) electrons. The molecule has 0 spiro atoms. The lowest BCUT2D eigenvalue weighted by Gasteiger charge is -2.47. The zero-order valence-corrected chi connectivity index (χ0v) is 17.4. The van der Waals surface area contributed by atoms with Crippen LogP contribution >= 0.6 is 11.6 Å². The second-order valence-electron chi connectivity index (χ2n) is 7.93. The van der Waals surface area contributed by atoms with Gasteiger partial charge in [0.15, 0.2) is 0 Å². The maximum atomic E-state index is 10.5. The van der Waals surface area contributed by atoms with Crippen molar-refractivity contribution in [3.8, 4) is 5.75 Å². The minimum absolute atomic E-state index is 0.448. The van der Waals surface area contributed by atoms with Crippen LogP contribution in [0.2, 0.25) is 0 Å². The van der Waals surface area contributed by atoms with Crippen LogP contribution < -0.4 is 4.74 Å². The molecule has 1 unspecified atom stereocenters. The first-order valence-corrected chi connectivity index (χ1v) is 10.3. The number of hydrogen-bond donors (Lipinski definition) is 4. The third-order valence-corrected chi connectivity index (χ3v) is 6.10. The fourth-order valence-corrected chi connectivity index (χ4v) is 4.24. The number of allylic oxidation sites excluding steroid dienone is 3. The number of ether oxygens (including phenoxy) is 2. The molecule has 0 amide bonds. The monoisotopic (exact) mass is 424 g/mol. The van der Waals surface area contributed by atoms with Crippen molar-refractivity contribution in [2.75, 3.05) is 13.2 Å². The number of aliphatic hydroxyl groups is 4. The van der Waals surface area contributed by atoms with Gasteiger partial charge in [-0.2, -0.15) is 0 Å². The van der Waals surface area contributed by atoms with Crippen LogP contribution in [0.15, 0.2) is 47.0 Å². The van der Waals surface area contributed by atoms with Crippen LogP contribution in [0.5, 0.6) is 5.75 Å². The second kappa shape index (κ2) is 9.16. The van der Waals surface area contributed by atoms with E-state index in [4.69, 9.17) is 21.1 Å². The van der Waals surface area contributed by atoms with E-state index in [1.54, 1.807) is 0 Å². The first-order chi connectivity index (χ1) is 13.8. The lowest BCUT2D eigenvalue weighted by molar-refractivity contribution is -0.248. The predicted octanol–water partition coefficient (Wildman–Crippen LogP) is 1.93. The highest BCUT2D eigenvalue weighted by molar-refractivity contribution is 6.32. The highest BCUT2D eigenvalue weighted by atomic mass is 35.5. The predicted molar refractivity (Wildman–Crippen MR) is 110 cm³/mol. The van der Waals surface area contributed by atoms with Gasteiger partial charge in [0.1, 0.15) is 30.2 Å². The molecule has 0 aromatic heterocycles. The highest BCUT2D eigenvalue weighted by Gasteiger charge is 2.50. The second-order valence-corrected chi connectivity index (χ2v) is 8.34. The van der Waals surface area contributed by atoms with Crippen LogP contribution in [-0.4, -0.2) is 64.2 Å². The van der Waals surface area contributed by atoms with Gasteiger partial charge in [-0.1, -0.05) is 42.8 Å². The van der Waals surface area contributed by atoms with Crippen molar-refractivity contribution in [1.29, 1.82) is 0 Å². The zero-order valence-electron chi connectivity index (χ0n) is 16.7. The van der Waals surface area contributed by atoms with Crippen molar-refractivity contribution in [3.05, 3.63) is 52.6 Å². The van der Waals surface area contributed by atoms with Gasteiger partial charge in [0.05, 0.1) is 19.3 Å². The molecule has 4 N–H and O–H groups in total. The van der Waals surface area contributed by atoms with E-state index in [9.17, 15) is 20.4 Å². The first kappa shape index (κ1) is 22.3. The van der Waals surface area contributed by atoms with Crippen LogP contribution in [0.3, 0.4) is 0 Å². The fourth-order valence-electron chi connectivity index (χ4n) is 4.04. The normalized spacial score (nSPS) is 35.1. The molecular weight excluding hydrogens is 396 g/mol. The van der Waals surface area contributed by atoms with Crippen LogP contribution in [0.25, 0.3) is 0 Å². The molecule has 1 aromatic carbocycles. The summed E-state index contributed by atoms with van der Waals surface area (Å²) in [5.41, 5.74) is 1.29. The zero-order chi connectivity index (χ0) is 21.2. The summed E-state index contributed by atoms with van der Waals surface area (Å²) < 4.78 is 11.3. The van der Waals surface area contributed by atoms with Gasteiger partial charge in [-0.15, -0.1) is 0 Å². The largest absolute Gasteiger partial charge is 0.494 e. The van der Waals surface area contributed by atoms with E-state index in [1.165, 1.54) is 0 Å². The minimum atomic E-state index is -1.40. The Morgan fingerprint density at radius 3 is 2.45 bits per heavy atom. The molecule has 0 bridgehead atoms. The number of benzene rings is 1. The Bertz CT molecular complexity index is 759. The molecule has 1 aromatic rings. The molecule has 3 rings (SSSR count). The van der Waals surface area contributed by atoms with Crippen LogP contribution in [0, 0.1) is 5.41 Å². The molecule has 1 heterocycles. The molecule has 1 aliphatic carbocycles. The summed E-state index contributed by atoms with van der Waals surface area (Å²) in [5.74, 6) is 0.807. The number of halogens is 1. The Morgan fingerprint density at radius 2 is 1.83 bits per heavy atom. The summed E-state index contributed by atoms with van der Waals surface area (Å²) in [4.78, 5) is 0. The molecule has 7 heteroatoms. The summed E-state index contributed by atoms with van der Waals surface area (Å²) in [6.45, 7) is 4.01. The lowest BCUT2D eigenvalue weighted by Crippen LogP contribution is -2.62. The third kappa shape index (κ3) is 4.68. The van der Waals surface area contributed by atoms with Gasteiger partial charge in [-0.25, -0.2) is 0 Å². The average Bonchev–Trinajstić information content (AvgIpc) is 2.71. The Labute approximate surface area is 176 Å². The number of rotatable bonds is 6. The van der Waals surface area contributed by atoms with Gasteiger partial charge in [-0.3, -0.25) is 0 Å². The fraction of sp³-hybridized carbons (Fsp3) is 0.545. The van der Waals surface area contributed by atoms with Gasteiger partial charge in [0.25, 0.3) is 0 Å². The van der Waals surface area contributed by atoms with Crippen molar-refractivity contribution in [2.45, 2.75) is 57.2 Å².